The van der Waals surface area contributed by atoms with Crippen LogP contribution >= 0.6 is 15.6 Å². The summed E-state index contributed by atoms with van der Waals surface area (Å²) in [4.78, 5) is 31.0. The summed E-state index contributed by atoms with van der Waals surface area (Å²) >= 11 is 0. The Balaban J connectivity index is 0.00000225. The zero-order valence-electron chi connectivity index (χ0n) is 8.11. The molecule has 0 radical (unpaired) electrons. The first-order valence-electron chi connectivity index (χ1n) is 3.98. The Kier molecular flexibility index (Phi) is 6.89. The second-order valence-electron chi connectivity index (χ2n) is 2.74. The van der Waals surface area contributed by atoms with Gasteiger partial charge < -0.3 is 24.6 Å². The molecule has 0 spiro atoms. The molecule has 1 unspecified atom stereocenters. The molecule has 12 heteroatoms. The summed E-state index contributed by atoms with van der Waals surface area (Å²) in [5.41, 5.74) is 0. The topological polar surface area (TPSA) is 137 Å². The molecule has 1 fully saturated rings. The first kappa shape index (κ1) is 16.7. The average molecular weight is 286 g/mol. The summed E-state index contributed by atoms with van der Waals surface area (Å²) in [6.45, 7) is 1.48. The minimum atomic E-state index is -5.60. The number of rotatable bonds is 4. The molecule has 1 atom stereocenters. The Bertz CT molecular complexity index is 303. The van der Waals surface area contributed by atoms with E-state index in [0.29, 0.717) is 13.1 Å². The summed E-state index contributed by atoms with van der Waals surface area (Å²) in [6, 6.07) is 0. The Morgan fingerprint density at radius 3 is 2.06 bits per heavy atom. The van der Waals surface area contributed by atoms with Gasteiger partial charge in [-0.25, -0.2) is 4.62 Å². The Labute approximate surface area is 103 Å². The van der Waals surface area contributed by atoms with Gasteiger partial charge in [-0.05, 0) is 0 Å². The van der Waals surface area contributed by atoms with Gasteiger partial charge in [0.05, 0.1) is 7.82 Å². The molecule has 1 heterocycles. The van der Waals surface area contributed by atoms with Gasteiger partial charge in [-0.3, -0.25) is 8.88 Å². The Morgan fingerprint density at radius 1 is 1.12 bits per heavy atom. The maximum absolute atomic E-state index is 10.9. The van der Waals surface area contributed by atoms with Gasteiger partial charge in [0, 0.05) is 26.2 Å². The van der Waals surface area contributed by atoms with Crippen molar-refractivity contribution in [2.45, 2.75) is 0 Å². The molecular formula is C4H9AlN2O7P2. The number of hydrogen-bond acceptors (Lipinski definition) is 9. The SMILES string of the molecule is O=P([O-])([O-])OP(=O)([O-])ON1CCNCC1.[Al+3]. The first-order valence-corrected chi connectivity index (χ1v) is 6.90. The monoisotopic (exact) mass is 286 g/mol. The standard InChI is InChI=1S/C4H12N2O7P2.Al/c7-14(8,9)13-15(10,11)12-6-3-1-5-2-4-6;/h5H,1-4H2,(H,10,11)(H2,7,8,9);/q;+3/p-3. The first-order chi connectivity index (χ1) is 6.79. The van der Waals surface area contributed by atoms with Crippen LogP contribution in [0.3, 0.4) is 0 Å². The van der Waals surface area contributed by atoms with E-state index >= 15 is 0 Å². The number of nitrogens with zero attached hydrogens (tertiary/aromatic N) is 1. The van der Waals surface area contributed by atoms with Crippen LogP contribution in [-0.2, 0) is 18.1 Å². The number of phosphoric acid groups is 2. The smallest absolute Gasteiger partial charge is 0.790 e. The largest absolute Gasteiger partial charge is 3.00 e. The van der Waals surface area contributed by atoms with Crippen molar-refractivity contribution in [3.8, 4) is 0 Å². The van der Waals surface area contributed by atoms with Crippen LogP contribution in [0.25, 0.3) is 0 Å². The second-order valence-corrected chi connectivity index (χ2v) is 5.34. The molecular weight excluding hydrogens is 277 g/mol. The second kappa shape index (κ2) is 6.59. The number of piperazine rings is 1. The van der Waals surface area contributed by atoms with Crippen LogP contribution in [0.2, 0.25) is 0 Å². The number of hydroxylamine groups is 2. The molecule has 90 valence electrons. The molecule has 9 nitrogen and oxygen atoms in total. The van der Waals surface area contributed by atoms with Crippen molar-refractivity contribution in [2.24, 2.45) is 0 Å². The maximum Gasteiger partial charge on any atom is 3.00 e. The van der Waals surface area contributed by atoms with Gasteiger partial charge in [0.1, 0.15) is 0 Å². The summed E-state index contributed by atoms with van der Waals surface area (Å²) in [5, 5.41) is 3.92. The summed E-state index contributed by atoms with van der Waals surface area (Å²) < 4.78 is 28.5. The van der Waals surface area contributed by atoms with Gasteiger partial charge in [0.2, 0.25) is 0 Å². The van der Waals surface area contributed by atoms with Crippen molar-refractivity contribution in [1.82, 2.24) is 10.4 Å². The number of nitrogens with one attached hydrogen (secondary N) is 1. The van der Waals surface area contributed by atoms with Crippen molar-refractivity contribution in [3.63, 3.8) is 0 Å². The van der Waals surface area contributed by atoms with Crippen LogP contribution in [0, 0.1) is 0 Å². The fourth-order valence-electron chi connectivity index (χ4n) is 1.00. The predicted molar refractivity (Wildman–Crippen MR) is 47.6 cm³/mol. The zero-order valence-corrected chi connectivity index (χ0v) is 11.0. The molecule has 0 aromatic heterocycles. The van der Waals surface area contributed by atoms with Crippen LogP contribution in [-0.4, -0.2) is 48.6 Å². The fourth-order valence-corrected chi connectivity index (χ4v) is 2.55. The minimum absolute atomic E-state index is 0. The molecule has 0 amide bonds. The van der Waals surface area contributed by atoms with Gasteiger partial charge >= 0.3 is 17.4 Å². The van der Waals surface area contributed by atoms with E-state index in [9.17, 15) is 23.8 Å². The molecule has 1 N–H and O–H groups in total. The molecule has 0 aliphatic carbocycles. The molecule has 1 saturated heterocycles. The zero-order chi connectivity index (χ0) is 11.5. The van der Waals surface area contributed by atoms with E-state index < -0.39 is 15.6 Å². The van der Waals surface area contributed by atoms with Gasteiger partial charge in [0.15, 0.2) is 0 Å². The van der Waals surface area contributed by atoms with Crippen molar-refractivity contribution < 1.29 is 32.7 Å². The van der Waals surface area contributed by atoms with Crippen molar-refractivity contribution in [1.29, 1.82) is 0 Å². The van der Waals surface area contributed by atoms with E-state index in [2.05, 4.69) is 14.3 Å². The molecule has 0 saturated carbocycles. The van der Waals surface area contributed by atoms with Crippen molar-refractivity contribution >= 4 is 33.0 Å². The van der Waals surface area contributed by atoms with Gasteiger partial charge in [-0.15, -0.1) is 0 Å². The Morgan fingerprint density at radius 2 is 1.62 bits per heavy atom. The van der Waals surface area contributed by atoms with Gasteiger partial charge in [-0.2, -0.15) is 5.06 Å². The van der Waals surface area contributed by atoms with Crippen LogP contribution in [0.4, 0.5) is 0 Å². The molecule has 1 rings (SSSR count). The van der Waals surface area contributed by atoms with Crippen molar-refractivity contribution in [3.05, 3.63) is 0 Å². The third-order valence-corrected chi connectivity index (χ3v) is 3.52. The third kappa shape index (κ3) is 7.12. The molecule has 0 aromatic carbocycles. The van der Waals surface area contributed by atoms with Gasteiger partial charge in [-0.1, -0.05) is 0 Å². The molecule has 1 aliphatic heterocycles. The summed E-state index contributed by atoms with van der Waals surface area (Å²) in [5.74, 6) is 0. The van der Waals surface area contributed by atoms with E-state index in [1.165, 1.54) is 0 Å². The molecule has 16 heavy (non-hydrogen) atoms. The molecule has 1 aliphatic rings. The maximum atomic E-state index is 10.9. The van der Waals surface area contributed by atoms with E-state index in [4.69, 9.17) is 0 Å². The van der Waals surface area contributed by atoms with E-state index in [-0.39, 0.29) is 30.5 Å². The van der Waals surface area contributed by atoms with Crippen LogP contribution in [0.15, 0.2) is 0 Å². The van der Waals surface area contributed by atoms with Crippen LogP contribution in [0.1, 0.15) is 0 Å². The average Bonchev–Trinajstić information content (AvgIpc) is 1.99. The quantitative estimate of drug-likeness (QED) is 0.417. The molecule has 0 bridgehead atoms. The van der Waals surface area contributed by atoms with Crippen LogP contribution in [0.5, 0.6) is 0 Å². The van der Waals surface area contributed by atoms with E-state index in [1.807, 2.05) is 0 Å². The van der Waals surface area contributed by atoms with Crippen molar-refractivity contribution in [2.75, 3.05) is 26.2 Å². The van der Waals surface area contributed by atoms with Gasteiger partial charge in [0.25, 0.3) is 7.82 Å². The fraction of sp³-hybridized carbons (Fsp3) is 1.00. The van der Waals surface area contributed by atoms with E-state index in [0.717, 1.165) is 5.06 Å². The van der Waals surface area contributed by atoms with Crippen LogP contribution < -0.4 is 20.0 Å². The summed E-state index contributed by atoms with van der Waals surface area (Å²) in [7, 11) is -10.7. The minimum Gasteiger partial charge on any atom is -0.790 e. The normalized spacial score (nSPS) is 22.2. The number of hydrogen-bond donors (Lipinski definition) is 1. The Hall–Kier alpha value is 0.712. The third-order valence-electron chi connectivity index (χ3n) is 1.49. The predicted octanol–water partition coefficient (Wildman–Crippen LogP) is -3.24. The van der Waals surface area contributed by atoms with E-state index in [1.54, 1.807) is 0 Å². The summed E-state index contributed by atoms with van der Waals surface area (Å²) in [6.07, 6.45) is 0. The molecule has 0 aromatic rings.